The molecule has 0 spiro atoms. The summed E-state index contributed by atoms with van der Waals surface area (Å²) in [5, 5.41) is 2.83. The first-order valence-electron chi connectivity index (χ1n) is 6.25. The molecule has 0 unspecified atom stereocenters. The summed E-state index contributed by atoms with van der Waals surface area (Å²) in [4.78, 5) is 17.1. The van der Waals surface area contributed by atoms with Gasteiger partial charge in [-0.3, -0.25) is 9.78 Å². The van der Waals surface area contributed by atoms with Crippen LogP contribution in [-0.2, 0) is 0 Å². The summed E-state index contributed by atoms with van der Waals surface area (Å²) < 4.78 is 0. The summed E-state index contributed by atoms with van der Waals surface area (Å²) in [7, 11) is 0. The van der Waals surface area contributed by atoms with Crippen LogP contribution in [0.15, 0.2) is 53.6 Å². The number of anilines is 1. The molecular weight excluding hydrogens is 256 g/mol. The molecule has 0 aliphatic heterocycles. The van der Waals surface area contributed by atoms with Crippen molar-refractivity contribution in [1.29, 1.82) is 0 Å². The number of amides is 1. The van der Waals surface area contributed by atoms with Gasteiger partial charge in [-0.1, -0.05) is 13.0 Å². The Hall–Kier alpha value is -1.81. The number of pyridine rings is 1. The lowest BCUT2D eigenvalue weighted by molar-refractivity contribution is 0.102. The van der Waals surface area contributed by atoms with Crippen LogP contribution in [-0.4, -0.2) is 16.6 Å². The number of nitrogens with one attached hydrogen (secondary N) is 1. The minimum absolute atomic E-state index is 0.186. The third-order valence-electron chi connectivity index (χ3n) is 2.48. The van der Waals surface area contributed by atoms with E-state index < -0.39 is 0 Å². The molecule has 0 aliphatic rings. The second-order valence-electron chi connectivity index (χ2n) is 4.04. The van der Waals surface area contributed by atoms with Gasteiger partial charge in [0.1, 0.15) is 5.69 Å². The first-order chi connectivity index (χ1) is 9.29. The van der Waals surface area contributed by atoms with Gasteiger partial charge in [0.05, 0.1) is 0 Å². The lowest BCUT2D eigenvalue weighted by atomic mass is 10.3. The molecule has 2 aromatic rings. The van der Waals surface area contributed by atoms with E-state index in [1.165, 1.54) is 4.90 Å². The van der Waals surface area contributed by atoms with E-state index >= 15 is 0 Å². The molecule has 0 atom stereocenters. The molecule has 1 heterocycles. The molecule has 1 amide bonds. The molecule has 2 rings (SSSR count). The molecule has 98 valence electrons. The van der Waals surface area contributed by atoms with Gasteiger partial charge in [-0.15, -0.1) is 11.8 Å². The van der Waals surface area contributed by atoms with E-state index in [0.717, 1.165) is 17.9 Å². The first-order valence-corrected chi connectivity index (χ1v) is 7.23. The maximum absolute atomic E-state index is 11.9. The highest BCUT2D eigenvalue weighted by Crippen LogP contribution is 2.21. The number of thioether (sulfide) groups is 1. The van der Waals surface area contributed by atoms with Gasteiger partial charge in [0.25, 0.3) is 5.91 Å². The highest BCUT2D eigenvalue weighted by molar-refractivity contribution is 7.99. The Morgan fingerprint density at radius 3 is 2.63 bits per heavy atom. The predicted octanol–water partition coefficient (Wildman–Crippen LogP) is 3.84. The van der Waals surface area contributed by atoms with E-state index in [0.29, 0.717) is 5.69 Å². The van der Waals surface area contributed by atoms with Crippen LogP contribution < -0.4 is 5.32 Å². The number of hydrogen-bond donors (Lipinski definition) is 1. The lowest BCUT2D eigenvalue weighted by Gasteiger charge is -2.05. The van der Waals surface area contributed by atoms with E-state index in [1.54, 1.807) is 24.4 Å². The van der Waals surface area contributed by atoms with Gasteiger partial charge in [0, 0.05) is 16.8 Å². The van der Waals surface area contributed by atoms with Crippen molar-refractivity contribution in [3.8, 4) is 0 Å². The molecule has 0 saturated heterocycles. The number of aromatic nitrogens is 1. The van der Waals surface area contributed by atoms with Crippen molar-refractivity contribution in [3.63, 3.8) is 0 Å². The number of hydrogen-bond acceptors (Lipinski definition) is 3. The largest absolute Gasteiger partial charge is 0.321 e. The molecule has 3 nitrogen and oxygen atoms in total. The topological polar surface area (TPSA) is 42.0 Å². The molecule has 0 bridgehead atoms. The van der Waals surface area contributed by atoms with Gasteiger partial charge >= 0.3 is 0 Å². The van der Waals surface area contributed by atoms with Gasteiger partial charge in [-0.25, -0.2) is 0 Å². The molecule has 0 aliphatic carbocycles. The second-order valence-corrected chi connectivity index (χ2v) is 5.21. The summed E-state index contributed by atoms with van der Waals surface area (Å²) in [6.45, 7) is 2.16. The monoisotopic (exact) mass is 272 g/mol. The van der Waals surface area contributed by atoms with Crippen LogP contribution >= 0.6 is 11.8 Å². The van der Waals surface area contributed by atoms with Crippen LogP contribution in [0.25, 0.3) is 0 Å². The van der Waals surface area contributed by atoms with Gasteiger partial charge in [0.15, 0.2) is 0 Å². The summed E-state index contributed by atoms with van der Waals surface area (Å²) in [6.07, 6.45) is 2.77. The predicted molar refractivity (Wildman–Crippen MR) is 79.6 cm³/mol. The maximum atomic E-state index is 11.9. The van der Waals surface area contributed by atoms with Crippen LogP contribution in [0, 0.1) is 0 Å². The van der Waals surface area contributed by atoms with Crippen LogP contribution in [0.1, 0.15) is 23.8 Å². The molecule has 0 fully saturated rings. The number of carbonyl (C=O) groups excluding carboxylic acids is 1. The standard InChI is InChI=1S/C15H16N2OS/c1-2-11-19-13-8-6-12(7-9-13)17-15(18)14-5-3-4-10-16-14/h3-10H,2,11H2,1H3,(H,17,18). The summed E-state index contributed by atoms with van der Waals surface area (Å²) in [6, 6.07) is 13.2. The summed E-state index contributed by atoms with van der Waals surface area (Å²) in [5.41, 5.74) is 1.21. The van der Waals surface area contributed by atoms with Gasteiger partial charge in [-0.05, 0) is 48.6 Å². The Labute approximate surface area is 117 Å². The molecule has 1 N–H and O–H groups in total. The second kappa shape index (κ2) is 6.95. The molecule has 0 saturated carbocycles. The molecular formula is C15H16N2OS. The van der Waals surface area contributed by atoms with Crippen molar-refractivity contribution in [3.05, 3.63) is 54.4 Å². The van der Waals surface area contributed by atoms with Gasteiger partial charge in [0.2, 0.25) is 0 Å². The van der Waals surface area contributed by atoms with Crippen molar-refractivity contribution < 1.29 is 4.79 Å². The van der Waals surface area contributed by atoms with Gasteiger partial charge in [-0.2, -0.15) is 0 Å². The van der Waals surface area contributed by atoms with Crippen molar-refractivity contribution in [2.45, 2.75) is 18.2 Å². The number of nitrogens with zero attached hydrogens (tertiary/aromatic N) is 1. The Bertz CT molecular complexity index is 526. The van der Waals surface area contributed by atoms with Crippen LogP contribution in [0.5, 0.6) is 0 Å². The average Bonchev–Trinajstić information content (AvgIpc) is 2.47. The molecule has 1 aromatic carbocycles. The number of carbonyl (C=O) groups is 1. The fourth-order valence-electron chi connectivity index (χ4n) is 1.55. The molecule has 4 heteroatoms. The Kier molecular flexibility index (Phi) is 4.98. The third kappa shape index (κ3) is 4.10. The number of benzene rings is 1. The fraction of sp³-hybridized carbons (Fsp3) is 0.200. The van der Waals surface area contributed by atoms with Crippen LogP contribution in [0.3, 0.4) is 0 Å². The van der Waals surface area contributed by atoms with Crippen LogP contribution in [0.2, 0.25) is 0 Å². The zero-order valence-electron chi connectivity index (χ0n) is 10.8. The maximum Gasteiger partial charge on any atom is 0.274 e. The summed E-state index contributed by atoms with van der Waals surface area (Å²) >= 11 is 1.82. The van der Waals surface area contributed by atoms with E-state index in [-0.39, 0.29) is 5.91 Å². The van der Waals surface area contributed by atoms with Gasteiger partial charge < -0.3 is 5.32 Å². The Morgan fingerprint density at radius 2 is 2.00 bits per heavy atom. The summed E-state index contributed by atoms with van der Waals surface area (Å²) in [5.74, 6) is 0.925. The zero-order valence-corrected chi connectivity index (χ0v) is 11.6. The zero-order chi connectivity index (χ0) is 13.5. The lowest BCUT2D eigenvalue weighted by Crippen LogP contribution is -2.13. The Balaban J connectivity index is 1.98. The van der Waals surface area contributed by atoms with Crippen molar-refractivity contribution in [2.75, 3.05) is 11.1 Å². The minimum Gasteiger partial charge on any atom is -0.321 e. The third-order valence-corrected chi connectivity index (χ3v) is 3.70. The SMILES string of the molecule is CCCSc1ccc(NC(=O)c2ccccn2)cc1. The smallest absolute Gasteiger partial charge is 0.274 e. The minimum atomic E-state index is -0.186. The van der Waals surface area contributed by atoms with E-state index in [9.17, 15) is 4.79 Å². The highest BCUT2D eigenvalue weighted by Gasteiger charge is 2.06. The van der Waals surface area contributed by atoms with Crippen molar-refractivity contribution in [1.82, 2.24) is 4.98 Å². The van der Waals surface area contributed by atoms with E-state index in [4.69, 9.17) is 0 Å². The van der Waals surface area contributed by atoms with E-state index in [1.807, 2.05) is 36.0 Å². The highest BCUT2D eigenvalue weighted by atomic mass is 32.2. The first kappa shape index (κ1) is 13.6. The number of rotatable bonds is 5. The molecule has 0 radical (unpaired) electrons. The fourth-order valence-corrected chi connectivity index (χ4v) is 2.31. The Morgan fingerprint density at radius 1 is 1.21 bits per heavy atom. The van der Waals surface area contributed by atoms with E-state index in [2.05, 4.69) is 17.2 Å². The normalized spacial score (nSPS) is 10.2. The quantitative estimate of drug-likeness (QED) is 0.841. The molecule has 19 heavy (non-hydrogen) atoms. The average molecular weight is 272 g/mol. The van der Waals surface area contributed by atoms with Crippen molar-refractivity contribution >= 4 is 23.4 Å². The molecule has 1 aromatic heterocycles. The van der Waals surface area contributed by atoms with Crippen molar-refractivity contribution in [2.24, 2.45) is 0 Å². The van der Waals surface area contributed by atoms with Crippen LogP contribution in [0.4, 0.5) is 5.69 Å².